The molecule has 2 aromatic rings. The molecule has 3 rings (SSSR count). The molecule has 0 radical (unpaired) electrons. The van der Waals surface area contributed by atoms with Crippen LogP contribution in [0.15, 0.2) is 42.5 Å². The molecule has 0 fully saturated rings. The number of amides is 1. The zero-order chi connectivity index (χ0) is 19.4. The molecule has 0 aromatic heterocycles. The number of hydrogen-bond donors (Lipinski definition) is 2. The molecular weight excluding hydrogens is 369 g/mol. The molecule has 8 heteroatoms. The fourth-order valence-corrected chi connectivity index (χ4v) is 3.82. The van der Waals surface area contributed by atoms with Gasteiger partial charge in [-0.25, -0.2) is 12.8 Å². The molecule has 0 unspecified atom stereocenters. The van der Waals surface area contributed by atoms with Gasteiger partial charge in [-0.15, -0.1) is 0 Å². The summed E-state index contributed by atoms with van der Waals surface area (Å²) in [5.74, 6) is -0.565. The second-order valence-electron chi connectivity index (χ2n) is 6.57. The van der Waals surface area contributed by atoms with Crippen molar-refractivity contribution in [2.24, 2.45) is 0 Å². The highest BCUT2D eigenvalue weighted by molar-refractivity contribution is 7.92. The van der Waals surface area contributed by atoms with E-state index in [0.29, 0.717) is 17.8 Å². The molecular formula is C19H22FN3O3S. The predicted octanol–water partition coefficient (Wildman–Crippen LogP) is 2.27. The van der Waals surface area contributed by atoms with Gasteiger partial charge >= 0.3 is 0 Å². The van der Waals surface area contributed by atoms with Crippen molar-refractivity contribution >= 4 is 27.3 Å². The van der Waals surface area contributed by atoms with Crippen LogP contribution in [-0.2, 0) is 27.8 Å². The SMILES string of the molecule is CS(=O)(=O)Nc1cccc2c1CCCN2CC(=O)NCc1ccccc1F. The Morgan fingerprint density at radius 3 is 2.70 bits per heavy atom. The summed E-state index contributed by atoms with van der Waals surface area (Å²) in [4.78, 5) is 14.3. The second-order valence-corrected chi connectivity index (χ2v) is 8.32. The van der Waals surface area contributed by atoms with Crippen molar-refractivity contribution in [1.29, 1.82) is 0 Å². The fourth-order valence-electron chi connectivity index (χ4n) is 3.23. The average molecular weight is 391 g/mol. The maximum Gasteiger partial charge on any atom is 0.239 e. The van der Waals surface area contributed by atoms with Crippen molar-refractivity contribution in [3.63, 3.8) is 0 Å². The van der Waals surface area contributed by atoms with Crippen LogP contribution in [0.5, 0.6) is 0 Å². The van der Waals surface area contributed by atoms with Gasteiger partial charge in [0.15, 0.2) is 0 Å². The number of nitrogens with zero attached hydrogens (tertiary/aromatic N) is 1. The lowest BCUT2D eigenvalue weighted by Crippen LogP contribution is -2.39. The number of anilines is 2. The number of sulfonamides is 1. The number of rotatable bonds is 6. The first-order chi connectivity index (χ1) is 12.8. The van der Waals surface area contributed by atoms with E-state index in [4.69, 9.17) is 0 Å². The molecule has 0 bridgehead atoms. The Hall–Kier alpha value is -2.61. The number of hydrogen-bond acceptors (Lipinski definition) is 4. The molecule has 0 spiro atoms. The number of carbonyl (C=O) groups is 1. The highest BCUT2D eigenvalue weighted by Crippen LogP contribution is 2.33. The minimum Gasteiger partial charge on any atom is -0.362 e. The van der Waals surface area contributed by atoms with Crippen LogP contribution >= 0.6 is 0 Å². The third kappa shape index (κ3) is 4.97. The minimum atomic E-state index is -3.38. The maximum absolute atomic E-state index is 13.7. The quantitative estimate of drug-likeness (QED) is 0.792. The fraction of sp³-hybridized carbons (Fsp3) is 0.316. The second kappa shape index (κ2) is 7.96. The molecule has 2 aromatic carbocycles. The van der Waals surface area contributed by atoms with Gasteiger partial charge < -0.3 is 10.2 Å². The number of benzene rings is 2. The molecule has 0 atom stereocenters. The number of nitrogens with one attached hydrogen (secondary N) is 2. The molecule has 1 heterocycles. The molecule has 6 nitrogen and oxygen atoms in total. The summed E-state index contributed by atoms with van der Waals surface area (Å²) >= 11 is 0. The predicted molar refractivity (Wildman–Crippen MR) is 104 cm³/mol. The van der Waals surface area contributed by atoms with Crippen LogP contribution < -0.4 is 14.9 Å². The summed E-state index contributed by atoms with van der Waals surface area (Å²) in [5, 5.41) is 2.74. The minimum absolute atomic E-state index is 0.127. The zero-order valence-electron chi connectivity index (χ0n) is 15.0. The molecule has 0 aliphatic carbocycles. The van der Waals surface area contributed by atoms with Crippen LogP contribution in [0.4, 0.5) is 15.8 Å². The van der Waals surface area contributed by atoms with Gasteiger partial charge in [0.25, 0.3) is 0 Å². The van der Waals surface area contributed by atoms with E-state index in [1.807, 2.05) is 11.0 Å². The summed E-state index contributed by atoms with van der Waals surface area (Å²) in [5.41, 5.74) is 2.71. The number of halogens is 1. The first kappa shape index (κ1) is 19.2. The van der Waals surface area contributed by atoms with E-state index in [1.165, 1.54) is 6.07 Å². The monoisotopic (exact) mass is 391 g/mol. The molecule has 1 aliphatic rings. The normalized spacial score (nSPS) is 13.8. The smallest absolute Gasteiger partial charge is 0.239 e. The van der Waals surface area contributed by atoms with Gasteiger partial charge in [0.1, 0.15) is 5.82 Å². The standard InChI is InChI=1S/C19H22FN3O3S/c1-27(25,26)22-17-9-4-10-18-15(17)7-5-11-23(18)13-19(24)21-12-14-6-2-3-8-16(14)20/h2-4,6,8-10,22H,5,7,11-13H2,1H3,(H,21,24). The Kier molecular flexibility index (Phi) is 5.65. The van der Waals surface area contributed by atoms with Gasteiger partial charge in [-0.1, -0.05) is 24.3 Å². The average Bonchev–Trinajstić information content (AvgIpc) is 2.60. The van der Waals surface area contributed by atoms with E-state index in [2.05, 4.69) is 10.0 Å². The van der Waals surface area contributed by atoms with Crippen molar-refractivity contribution in [3.05, 3.63) is 59.4 Å². The lowest BCUT2D eigenvalue weighted by molar-refractivity contribution is -0.119. The maximum atomic E-state index is 13.7. The summed E-state index contributed by atoms with van der Waals surface area (Å²) in [7, 11) is -3.38. The third-order valence-corrected chi connectivity index (χ3v) is 5.00. The van der Waals surface area contributed by atoms with Gasteiger partial charge in [0.05, 0.1) is 18.5 Å². The Balaban J connectivity index is 1.70. The summed E-state index contributed by atoms with van der Waals surface area (Å²) in [6.45, 7) is 0.952. The van der Waals surface area contributed by atoms with Crippen molar-refractivity contribution < 1.29 is 17.6 Å². The molecule has 2 N–H and O–H groups in total. The van der Waals surface area contributed by atoms with Gasteiger partial charge in [-0.2, -0.15) is 0 Å². The van der Waals surface area contributed by atoms with Gasteiger partial charge in [0.2, 0.25) is 15.9 Å². The highest BCUT2D eigenvalue weighted by Gasteiger charge is 2.22. The van der Waals surface area contributed by atoms with Crippen molar-refractivity contribution in [2.45, 2.75) is 19.4 Å². The Labute approximate surface area is 158 Å². The first-order valence-electron chi connectivity index (χ1n) is 8.68. The van der Waals surface area contributed by atoms with Crippen LogP contribution in [0.2, 0.25) is 0 Å². The zero-order valence-corrected chi connectivity index (χ0v) is 15.9. The van der Waals surface area contributed by atoms with Crippen molar-refractivity contribution in [1.82, 2.24) is 5.32 Å². The largest absolute Gasteiger partial charge is 0.362 e. The lowest BCUT2D eigenvalue weighted by Gasteiger charge is -2.32. The molecule has 1 aliphatic heterocycles. The van der Waals surface area contributed by atoms with Gasteiger partial charge in [-0.05, 0) is 36.6 Å². The van der Waals surface area contributed by atoms with Gasteiger partial charge in [0, 0.05) is 24.3 Å². The summed E-state index contributed by atoms with van der Waals surface area (Å²) in [6, 6.07) is 11.7. The third-order valence-electron chi connectivity index (χ3n) is 4.41. The summed E-state index contributed by atoms with van der Waals surface area (Å²) in [6.07, 6.45) is 2.67. The van der Waals surface area contributed by atoms with Gasteiger partial charge in [-0.3, -0.25) is 9.52 Å². The van der Waals surface area contributed by atoms with Crippen LogP contribution in [0, 0.1) is 5.82 Å². The molecule has 27 heavy (non-hydrogen) atoms. The van der Waals surface area contributed by atoms with Crippen molar-refractivity contribution in [3.8, 4) is 0 Å². The number of carbonyl (C=O) groups excluding carboxylic acids is 1. The van der Waals surface area contributed by atoms with E-state index in [1.54, 1.807) is 30.3 Å². The molecule has 1 amide bonds. The molecule has 144 valence electrons. The van der Waals surface area contributed by atoms with Crippen LogP contribution in [0.3, 0.4) is 0 Å². The Bertz CT molecular complexity index is 947. The van der Waals surface area contributed by atoms with Crippen LogP contribution in [0.25, 0.3) is 0 Å². The van der Waals surface area contributed by atoms with E-state index >= 15 is 0 Å². The van der Waals surface area contributed by atoms with E-state index < -0.39 is 10.0 Å². The van der Waals surface area contributed by atoms with Crippen LogP contribution in [-0.4, -0.2) is 33.7 Å². The van der Waals surface area contributed by atoms with E-state index in [0.717, 1.165) is 30.3 Å². The number of fused-ring (bicyclic) bond motifs is 1. The van der Waals surface area contributed by atoms with E-state index in [-0.39, 0.29) is 24.8 Å². The van der Waals surface area contributed by atoms with E-state index in [9.17, 15) is 17.6 Å². The van der Waals surface area contributed by atoms with Crippen molar-refractivity contribution in [2.75, 3.05) is 29.0 Å². The summed E-state index contributed by atoms with van der Waals surface area (Å²) < 4.78 is 39.3. The Morgan fingerprint density at radius 2 is 1.96 bits per heavy atom. The Morgan fingerprint density at radius 1 is 1.19 bits per heavy atom. The highest BCUT2D eigenvalue weighted by atomic mass is 32.2. The molecule has 0 saturated carbocycles. The topological polar surface area (TPSA) is 78.5 Å². The first-order valence-corrected chi connectivity index (χ1v) is 10.6. The van der Waals surface area contributed by atoms with Crippen LogP contribution in [0.1, 0.15) is 17.5 Å². The molecule has 0 saturated heterocycles. The lowest BCUT2D eigenvalue weighted by atomic mass is 10.00.